The summed E-state index contributed by atoms with van der Waals surface area (Å²) in [5.74, 6) is 0. The van der Waals surface area contributed by atoms with E-state index in [2.05, 4.69) is 19.9 Å². The van der Waals surface area contributed by atoms with Gasteiger partial charge in [0.15, 0.2) is 0 Å². The first-order chi connectivity index (χ1) is 4.16. The summed E-state index contributed by atoms with van der Waals surface area (Å²) >= 11 is 5.63. The molecule has 0 bridgehead atoms. The van der Waals surface area contributed by atoms with Crippen molar-refractivity contribution in [3.05, 3.63) is 22.8 Å². The minimum Gasteiger partial charge on any atom is -0.0895 e. The third-order valence-electron chi connectivity index (χ3n) is 0.953. The number of allylic oxidation sites excluding steroid dienone is 4. The Morgan fingerprint density at radius 3 is 2.33 bits per heavy atom. The molecule has 0 aromatic heterocycles. The second-order valence-corrected chi connectivity index (χ2v) is 2.68. The van der Waals surface area contributed by atoms with Crippen LogP contribution in [0.1, 0.15) is 27.2 Å². The molecule has 0 aliphatic rings. The monoisotopic (exact) mass is 144 g/mol. The number of hydrogen-bond acceptors (Lipinski definition) is 0. The highest BCUT2D eigenvalue weighted by atomic mass is 35.5. The van der Waals surface area contributed by atoms with E-state index in [0.717, 1.165) is 11.5 Å². The van der Waals surface area contributed by atoms with E-state index in [1.807, 2.05) is 13.0 Å². The van der Waals surface area contributed by atoms with Crippen LogP contribution in [0.5, 0.6) is 0 Å². The van der Waals surface area contributed by atoms with Gasteiger partial charge in [-0.3, -0.25) is 0 Å². The summed E-state index contributed by atoms with van der Waals surface area (Å²) in [5, 5.41) is 0.845. The van der Waals surface area contributed by atoms with Gasteiger partial charge in [-0.2, -0.15) is 0 Å². The zero-order valence-electron chi connectivity index (χ0n) is 6.24. The van der Waals surface area contributed by atoms with Gasteiger partial charge >= 0.3 is 0 Å². The van der Waals surface area contributed by atoms with Gasteiger partial charge in [-0.25, -0.2) is 0 Å². The van der Waals surface area contributed by atoms with Crippen LogP contribution in [0.15, 0.2) is 22.8 Å². The summed E-state index contributed by atoms with van der Waals surface area (Å²) in [6.07, 6.45) is 5.18. The summed E-state index contributed by atoms with van der Waals surface area (Å²) in [5.41, 5.74) is 1.24. The molecule has 0 radical (unpaired) electrons. The van der Waals surface area contributed by atoms with Gasteiger partial charge in [0.2, 0.25) is 0 Å². The average molecular weight is 145 g/mol. The molecule has 0 nitrogen and oxygen atoms in total. The van der Waals surface area contributed by atoms with E-state index >= 15 is 0 Å². The molecule has 0 rings (SSSR count). The van der Waals surface area contributed by atoms with Gasteiger partial charge in [-0.05, 0) is 26.3 Å². The lowest BCUT2D eigenvalue weighted by Gasteiger charge is -1.89. The van der Waals surface area contributed by atoms with Gasteiger partial charge in [0, 0.05) is 5.03 Å². The largest absolute Gasteiger partial charge is 0.0895 e. The van der Waals surface area contributed by atoms with Crippen LogP contribution in [-0.4, -0.2) is 0 Å². The first-order valence-electron chi connectivity index (χ1n) is 3.17. The smallest absolute Gasteiger partial charge is 0.0152 e. The standard InChI is InChI=1S/C8H13Cl/c1-4-5-7(2)6-8(3)9/h5-6H,4H2,1-3H3/b7-5-,8-6+. The molecule has 0 saturated heterocycles. The van der Waals surface area contributed by atoms with Crippen molar-refractivity contribution in [2.75, 3.05) is 0 Å². The zero-order valence-corrected chi connectivity index (χ0v) is 7.00. The maximum absolute atomic E-state index is 5.63. The van der Waals surface area contributed by atoms with Crippen molar-refractivity contribution < 1.29 is 0 Å². The Morgan fingerprint density at radius 2 is 2.00 bits per heavy atom. The van der Waals surface area contributed by atoms with Crippen molar-refractivity contribution in [3.8, 4) is 0 Å². The molecule has 0 unspecified atom stereocenters. The molecule has 0 aliphatic heterocycles. The first-order valence-corrected chi connectivity index (χ1v) is 3.55. The van der Waals surface area contributed by atoms with Gasteiger partial charge in [0.25, 0.3) is 0 Å². The molecule has 52 valence electrons. The molecule has 0 fully saturated rings. The summed E-state index contributed by atoms with van der Waals surface area (Å²) in [4.78, 5) is 0. The average Bonchev–Trinajstić information content (AvgIpc) is 1.63. The van der Waals surface area contributed by atoms with Gasteiger partial charge in [-0.1, -0.05) is 30.2 Å². The lowest BCUT2D eigenvalue weighted by atomic mass is 10.2. The number of hydrogen-bond donors (Lipinski definition) is 0. The van der Waals surface area contributed by atoms with Crippen molar-refractivity contribution >= 4 is 11.6 Å². The van der Waals surface area contributed by atoms with E-state index in [1.165, 1.54) is 5.57 Å². The Hall–Kier alpha value is -0.230. The van der Waals surface area contributed by atoms with Gasteiger partial charge in [-0.15, -0.1) is 0 Å². The Labute approximate surface area is 62.2 Å². The Bertz CT molecular complexity index is 128. The topological polar surface area (TPSA) is 0 Å². The van der Waals surface area contributed by atoms with Crippen LogP contribution >= 0.6 is 11.6 Å². The van der Waals surface area contributed by atoms with Crippen LogP contribution in [0.3, 0.4) is 0 Å². The highest BCUT2D eigenvalue weighted by Crippen LogP contribution is 2.05. The second kappa shape index (κ2) is 4.63. The molecule has 0 N–H and O–H groups in total. The van der Waals surface area contributed by atoms with Gasteiger partial charge in [0.05, 0.1) is 0 Å². The van der Waals surface area contributed by atoms with Crippen LogP contribution in [0, 0.1) is 0 Å². The summed E-state index contributed by atoms with van der Waals surface area (Å²) in [6, 6.07) is 0. The Balaban J connectivity index is 3.90. The predicted molar refractivity (Wildman–Crippen MR) is 43.7 cm³/mol. The van der Waals surface area contributed by atoms with Gasteiger partial charge in [0.1, 0.15) is 0 Å². The van der Waals surface area contributed by atoms with Crippen molar-refractivity contribution in [2.45, 2.75) is 27.2 Å². The van der Waals surface area contributed by atoms with Crippen LogP contribution < -0.4 is 0 Å². The maximum atomic E-state index is 5.63. The lowest BCUT2D eigenvalue weighted by Crippen LogP contribution is -1.67. The van der Waals surface area contributed by atoms with Crippen LogP contribution in [0.2, 0.25) is 0 Å². The zero-order chi connectivity index (χ0) is 7.28. The fraction of sp³-hybridized carbons (Fsp3) is 0.500. The maximum Gasteiger partial charge on any atom is 0.0152 e. The summed E-state index contributed by atoms with van der Waals surface area (Å²) < 4.78 is 0. The number of rotatable bonds is 2. The molecule has 0 aromatic rings. The molecule has 0 atom stereocenters. The molecule has 9 heavy (non-hydrogen) atoms. The molecule has 0 aromatic carbocycles. The van der Waals surface area contributed by atoms with Crippen molar-refractivity contribution in [3.63, 3.8) is 0 Å². The SMILES string of the molecule is CC/C=C(C)\C=C(/C)Cl. The second-order valence-electron chi connectivity index (χ2n) is 2.09. The minimum absolute atomic E-state index is 0.845. The molecule has 0 aliphatic carbocycles. The Kier molecular flexibility index (Phi) is 4.51. The van der Waals surface area contributed by atoms with E-state index in [4.69, 9.17) is 11.6 Å². The third-order valence-corrected chi connectivity index (χ3v) is 1.06. The molecule has 0 heterocycles. The van der Waals surface area contributed by atoms with E-state index in [1.54, 1.807) is 0 Å². The first kappa shape index (κ1) is 8.77. The van der Waals surface area contributed by atoms with Crippen LogP contribution in [0.25, 0.3) is 0 Å². The summed E-state index contributed by atoms with van der Waals surface area (Å²) in [7, 11) is 0. The highest BCUT2D eigenvalue weighted by Gasteiger charge is 1.81. The Morgan fingerprint density at radius 1 is 1.44 bits per heavy atom. The normalized spacial score (nSPS) is 14.2. The molecule has 0 saturated carbocycles. The van der Waals surface area contributed by atoms with Crippen LogP contribution in [-0.2, 0) is 0 Å². The predicted octanol–water partition coefficient (Wildman–Crippen LogP) is 3.49. The van der Waals surface area contributed by atoms with Crippen molar-refractivity contribution in [1.82, 2.24) is 0 Å². The van der Waals surface area contributed by atoms with E-state index < -0.39 is 0 Å². The molecule has 1 heteroatoms. The number of halogens is 1. The molecular weight excluding hydrogens is 132 g/mol. The minimum atomic E-state index is 0.845. The molecule has 0 amide bonds. The lowest BCUT2D eigenvalue weighted by molar-refractivity contribution is 1.20. The van der Waals surface area contributed by atoms with E-state index in [9.17, 15) is 0 Å². The van der Waals surface area contributed by atoms with Crippen molar-refractivity contribution in [1.29, 1.82) is 0 Å². The molecular formula is C8H13Cl. The fourth-order valence-corrected chi connectivity index (χ4v) is 0.867. The molecule has 0 spiro atoms. The van der Waals surface area contributed by atoms with Gasteiger partial charge < -0.3 is 0 Å². The fourth-order valence-electron chi connectivity index (χ4n) is 0.695. The highest BCUT2D eigenvalue weighted by molar-refractivity contribution is 6.29. The quantitative estimate of drug-likeness (QED) is 0.521. The van der Waals surface area contributed by atoms with Crippen LogP contribution in [0.4, 0.5) is 0 Å². The van der Waals surface area contributed by atoms with E-state index in [-0.39, 0.29) is 0 Å². The van der Waals surface area contributed by atoms with Crippen molar-refractivity contribution in [2.24, 2.45) is 0 Å². The third kappa shape index (κ3) is 5.64. The van der Waals surface area contributed by atoms with E-state index in [0.29, 0.717) is 0 Å². The summed E-state index contributed by atoms with van der Waals surface area (Å²) in [6.45, 7) is 6.05.